The lowest BCUT2D eigenvalue weighted by molar-refractivity contribution is -0.132. The predicted octanol–water partition coefficient (Wildman–Crippen LogP) is 3.39. The van der Waals surface area contributed by atoms with Gasteiger partial charge in [-0.2, -0.15) is 0 Å². The predicted molar refractivity (Wildman–Crippen MR) is 147 cm³/mol. The van der Waals surface area contributed by atoms with Gasteiger partial charge in [-0.3, -0.25) is 9.59 Å². The van der Waals surface area contributed by atoms with Crippen molar-refractivity contribution >= 4 is 11.8 Å². The maximum atomic E-state index is 12.8. The van der Waals surface area contributed by atoms with Crippen LogP contribution in [-0.4, -0.2) is 50.2 Å². The van der Waals surface area contributed by atoms with Crippen molar-refractivity contribution in [3.8, 4) is 0 Å². The van der Waals surface area contributed by atoms with E-state index < -0.39 is 11.6 Å². The number of benzene rings is 2. The SMILES string of the molecule is C.CC(C)(N)C(=O)N[C@H](COCc1ccccc1)c1nnc2n1CCN(C(=O)CCCc1ccccc1)C2. The highest BCUT2D eigenvalue weighted by atomic mass is 16.5. The molecule has 3 N–H and O–H groups in total. The highest BCUT2D eigenvalue weighted by Gasteiger charge is 2.31. The van der Waals surface area contributed by atoms with Crippen LogP contribution in [0, 0.1) is 0 Å². The van der Waals surface area contributed by atoms with Crippen molar-refractivity contribution in [3.63, 3.8) is 0 Å². The zero-order chi connectivity index (χ0) is 26.3. The number of nitrogens with two attached hydrogens (primary N) is 1. The van der Waals surface area contributed by atoms with Crippen LogP contribution in [0.15, 0.2) is 60.7 Å². The Morgan fingerprint density at radius 3 is 2.34 bits per heavy atom. The zero-order valence-electron chi connectivity index (χ0n) is 21.6. The molecule has 38 heavy (non-hydrogen) atoms. The molecule has 1 atom stereocenters. The highest BCUT2D eigenvalue weighted by Crippen LogP contribution is 2.20. The van der Waals surface area contributed by atoms with Crippen LogP contribution in [0.3, 0.4) is 0 Å². The van der Waals surface area contributed by atoms with Crippen LogP contribution >= 0.6 is 0 Å². The molecule has 4 rings (SSSR count). The smallest absolute Gasteiger partial charge is 0.240 e. The van der Waals surface area contributed by atoms with Gasteiger partial charge < -0.3 is 25.3 Å². The van der Waals surface area contributed by atoms with Crippen molar-refractivity contribution in [1.29, 1.82) is 0 Å². The third-order valence-electron chi connectivity index (χ3n) is 6.43. The van der Waals surface area contributed by atoms with Gasteiger partial charge in [-0.05, 0) is 37.8 Å². The fourth-order valence-corrected chi connectivity index (χ4v) is 4.29. The fourth-order valence-electron chi connectivity index (χ4n) is 4.29. The highest BCUT2D eigenvalue weighted by molar-refractivity contribution is 5.85. The zero-order valence-corrected chi connectivity index (χ0v) is 21.6. The Bertz CT molecular complexity index is 1170. The maximum Gasteiger partial charge on any atom is 0.240 e. The molecule has 1 aliphatic rings. The second-order valence-electron chi connectivity index (χ2n) is 10.0. The van der Waals surface area contributed by atoms with Gasteiger partial charge in [0.05, 0.1) is 25.3 Å². The number of nitrogens with one attached hydrogen (secondary N) is 1. The van der Waals surface area contributed by atoms with Crippen LogP contribution in [-0.2, 0) is 40.4 Å². The normalized spacial score (nSPS) is 13.8. The minimum atomic E-state index is -1.05. The van der Waals surface area contributed by atoms with E-state index in [1.165, 1.54) is 5.56 Å². The molecule has 204 valence electrons. The van der Waals surface area contributed by atoms with Crippen LogP contribution in [0.4, 0.5) is 0 Å². The summed E-state index contributed by atoms with van der Waals surface area (Å²) in [6.07, 6.45) is 2.18. The number of carbonyl (C=O) groups excluding carboxylic acids is 2. The summed E-state index contributed by atoms with van der Waals surface area (Å²) in [5.41, 5.74) is 7.25. The van der Waals surface area contributed by atoms with Crippen LogP contribution in [0.5, 0.6) is 0 Å². The average molecular weight is 521 g/mol. The van der Waals surface area contributed by atoms with Gasteiger partial charge in [-0.25, -0.2) is 0 Å². The van der Waals surface area contributed by atoms with E-state index in [4.69, 9.17) is 10.5 Å². The van der Waals surface area contributed by atoms with Gasteiger partial charge in [0, 0.05) is 19.5 Å². The lowest BCUT2D eigenvalue weighted by atomic mass is 10.1. The molecule has 0 saturated heterocycles. The molecule has 0 unspecified atom stereocenters. The molecule has 3 aromatic rings. The summed E-state index contributed by atoms with van der Waals surface area (Å²) in [4.78, 5) is 27.4. The summed E-state index contributed by atoms with van der Waals surface area (Å²) in [5, 5.41) is 11.7. The van der Waals surface area contributed by atoms with Gasteiger partial charge in [0.1, 0.15) is 6.04 Å². The van der Waals surface area contributed by atoms with E-state index >= 15 is 0 Å². The Labute approximate surface area is 225 Å². The number of hydrogen-bond donors (Lipinski definition) is 2. The molecule has 0 radical (unpaired) electrons. The number of rotatable bonds is 11. The summed E-state index contributed by atoms with van der Waals surface area (Å²) in [6, 6.07) is 19.5. The third-order valence-corrected chi connectivity index (χ3v) is 6.43. The van der Waals surface area contributed by atoms with Gasteiger partial charge in [-0.15, -0.1) is 10.2 Å². The number of ether oxygens (including phenoxy) is 1. The second-order valence-corrected chi connectivity index (χ2v) is 10.0. The largest absolute Gasteiger partial charge is 0.374 e. The first kappa shape index (κ1) is 29.0. The number of amides is 2. The fraction of sp³-hybridized carbons (Fsp3) is 0.448. The Balaban J connectivity index is 0.00000400. The Morgan fingerprint density at radius 2 is 1.68 bits per heavy atom. The second kappa shape index (κ2) is 13.3. The van der Waals surface area contributed by atoms with Crippen LogP contribution in [0.2, 0.25) is 0 Å². The summed E-state index contributed by atoms with van der Waals surface area (Å²) < 4.78 is 7.93. The number of carbonyl (C=O) groups is 2. The molecule has 0 saturated carbocycles. The molecule has 0 bridgehead atoms. The van der Waals surface area contributed by atoms with E-state index in [0.717, 1.165) is 18.4 Å². The van der Waals surface area contributed by atoms with E-state index in [0.29, 0.717) is 44.3 Å². The Morgan fingerprint density at radius 1 is 1.03 bits per heavy atom. The Kier molecular flexibility index (Phi) is 10.2. The van der Waals surface area contributed by atoms with E-state index in [-0.39, 0.29) is 25.8 Å². The molecular weight excluding hydrogens is 480 g/mol. The quantitative estimate of drug-likeness (QED) is 0.400. The molecular formula is C29H40N6O3. The lowest BCUT2D eigenvalue weighted by Crippen LogP contribution is -2.51. The molecule has 2 heterocycles. The van der Waals surface area contributed by atoms with E-state index in [2.05, 4.69) is 27.6 Å². The number of hydrogen-bond acceptors (Lipinski definition) is 6. The first-order valence-corrected chi connectivity index (χ1v) is 12.8. The minimum absolute atomic E-state index is 0. The molecule has 9 heteroatoms. The topological polar surface area (TPSA) is 115 Å². The van der Waals surface area contributed by atoms with Crippen molar-refractivity contribution in [2.75, 3.05) is 13.2 Å². The van der Waals surface area contributed by atoms with Gasteiger partial charge in [0.2, 0.25) is 11.8 Å². The molecule has 9 nitrogen and oxygen atoms in total. The molecule has 2 amide bonds. The van der Waals surface area contributed by atoms with Gasteiger partial charge in [0.15, 0.2) is 11.6 Å². The summed E-state index contributed by atoms with van der Waals surface area (Å²) >= 11 is 0. The standard InChI is InChI=1S/C28H36N6O3.CH4/c1-28(2,29)27(36)30-23(20-37-19-22-12-7-4-8-13-22)26-32-31-24-18-33(16-17-34(24)26)25(35)15-9-14-21-10-5-3-6-11-21;/h3-8,10-13,23H,9,14-20,29H2,1-2H3,(H,30,36);1H4/t23-;/m1./s1. The van der Waals surface area contributed by atoms with Crippen LogP contribution < -0.4 is 11.1 Å². The van der Waals surface area contributed by atoms with E-state index in [9.17, 15) is 9.59 Å². The molecule has 1 aromatic heterocycles. The molecule has 0 spiro atoms. The minimum Gasteiger partial charge on any atom is -0.374 e. The average Bonchev–Trinajstić information content (AvgIpc) is 3.32. The first-order valence-electron chi connectivity index (χ1n) is 12.8. The van der Waals surface area contributed by atoms with Crippen molar-refractivity contribution in [2.45, 2.75) is 71.8 Å². The van der Waals surface area contributed by atoms with Gasteiger partial charge in [-0.1, -0.05) is 68.1 Å². The van der Waals surface area contributed by atoms with Gasteiger partial charge in [0.25, 0.3) is 0 Å². The molecule has 2 aromatic carbocycles. The molecule has 0 fully saturated rings. The van der Waals surface area contributed by atoms with E-state index in [1.807, 2.05) is 58.0 Å². The Hall–Kier alpha value is -3.56. The number of aromatic nitrogens is 3. The summed E-state index contributed by atoms with van der Waals surface area (Å²) in [5.74, 6) is 1.13. The van der Waals surface area contributed by atoms with Crippen molar-refractivity contribution in [1.82, 2.24) is 25.0 Å². The monoisotopic (exact) mass is 520 g/mol. The first-order chi connectivity index (χ1) is 17.8. The molecule has 0 aliphatic carbocycles. The number of nitrogens with zero attached hydrogens (tertiary/aromatic N) is 4. The van der Waals surface area contributed by atoms with Crippen molar-refractivity contribution in [3.05, 3.63) is 83.4 Å². The van der Waals surface area contributed by atoms with Crippen LogP contribution in [0.1, 0.15) is 62.9 Å². The lowest BCUT2D eigenvalue weighted by Gasteiger charge is -2.30. The summed E-state index contributed by atoms with van der Waals surface area (Å²) in [7, 11) is 0. The summed E-state index contributed by atoms with van der Waals surface area (Å²) in [6.45, 7) is 5.46. The van der Waals surface area contributed by atoms with Crippen LogP contribution in [0.25, 0.3) is 0 Å². The van der Waals surface area contributed by atoms with E-state index in [1.54, 1.807) is 13.8 Å². The third kappa shape index (κ3) is 7.72. The molecule has 1 aliphatic heterocycles. The van der Waals surface area contributed by atoms with Crippen molar-refractivity contribution < 1.29 is 14.3 Å². The van der Waals surface area contributed by atoms with Gasteiger partial charge >= 0.3 is 0 Å². The van der Waals surface area contributed by atoms with Crippen molar-refractivity contribution in [2.24, 2.45) is 5.73 Å². The number of fused-ring (bicyclic) bond motifs is 1. The number of aryl methyl sites for hydroxylation is 1. The maximum absolute atomic E-state index is 12.8.